The molecule has 0 radical (unpaired) electrons. The first-order valence-electron chi connectivity index (χ1n) is 7.22. The lowest BCUT2D eigenvalue weighted by molar-refractivity contribution is -0.116. The first-order chi connectivity index (χ1) is 10.6. The van der Waals surface area contributed by atoms with Gasteiger partial charge in [0.25, 0.3) is 0 Å². The Labute approximate surface area is 146 Å². The molecule has 3 nitrogen and oxygen atoms in total. The van der Waals surface area contributed by atoms with Crippen LogP contribution in [-0.4, -0.2) is 5.91 Å². The van der Waals surface area contributed by atoms with Gasteiger partial charge < -0.3 is 10.6 Å². The predicted molar refractivity (Wildman–Crippen MR) is 97.2 cm³/mol. The van der Waals surface area contributed by atoms with Gasteiger partial charge in [0.15, 0.2) is 0 Å². The van der Waals surface area contributed by atoms with Gasteiger partial charge in [-0.2, -0.15) is 0 Å². The molecule has 0 spiro atoms. The standard InChI is InChI=1S/C17H16Br2N2O/c18-14-6-4-11(8-15(14)19)10-20-13-5-7-16-12(9-13)2-1-3-17(22)21-16/h4-9,20H,1-3,10H2,(H,21,22). The largest absolute Gasteiger partial charge is 0.381 e. The van der Waals surface area contributed by atoms with E-state index in [0.29, 0.717) is 6.42 Å². The summed E-state index contributed by atoms with van der Waals surface area (Å²) in [6, 6.07) is 12.4. The van der Waals surface area contributed by atoms with Gasteiger partial charge in [-0.15, -0.1) is 0 Å². The molecule has 2 aromatic rings. The second-order valence-corrected chi connectivity index (χ2v) is 7.08. The maximum Gasteiger partial charge on any atom is 0.224 e. The van der Waals surface area contributed by atoms with Crippen molar-refractivity contribution in [2.24, 2.45) is 0 Å². The first kappa shape index (κ1) is 15.6. The second-order valence-electron chi connectivity index (χ2n) is 5.38. The van der Waals surface area contributed by atoms with Crippen LogP contribution in [-0.2, 0) is 17.8 Å². The molecule has 0 unspecified atom stereocenters. The van der Waals surface area contributed by atoms with Crippen molar-refractivity contribution < 1.29 is 4.79 Å². The maximum absolute atomic E-state index is 11.6. The molecular formula is C17H16Br2N2O. The number of rotatable bonds is 3. The summed E-state index contributed by atoms with van der Waals surface area (Å²) in [4.78, 5) is 11.6. The van der Waals surface area contributed by atoms with E-state index in [9.17, 15) is 4.79 Å². The van der Waals surface area contributed by atoms with E-state index in [4.69, 9.17) is 0 Å². The van der Waals surface area contributed by atoms with Crippen LogP contribution in [0.5, 0.6) is 0 Å². The van der Waals surface area contributed by atoms with E-state index in [0.717, 1.165) is 39.7 Å². The third-order valence-corrected chi connectivity index (χ3v) is 5.59. The van der Waals surface area contributed by atoms with E-state index in [2.05, 4.69) is 60.7 Å². The molecule has 1 heterocycles. The van der Waals surface area contributed by atoms with Gasteiger partial charge in [0.1, 0.15) is 0 Å². The van der Waals surface area contributed by atoms with Gasteiger partial charge in [-0.25, -0.2) is 0 Å². The number of hydrogen-bond donors (Lipinski definition) is 2. The number of aryl methyl sites for hydroxylation is 1. The van der Waals surface area contributed by atoms with E-state index < -0.39 is 0 Å². The van der Waals surface area contributed by atoms with Gasteiger partial charge in [-0.05, 0) is 86.2 Å². The topological polar surface area (TPSA) is 41.1 Å². The fraction of sp³-hybridized carbons (Fsp3) is 0.235. The number of fused-ring (bicyclic) bond motifs is 1. The van der Waals surface area contributed by atoms with E-state index in [1.165, 1.54) is 11.1 Å². The van der Waals surface area contributed by atoms with Crippen molar-refractivity contribution in [1.82, 2.24) is 0 Å². The number of carbonyl (C=O) groups excluding carboxylic acids is 1. The van der Waals surface area contributed by atoms with E-state index in [1.54, 1.807) is 0 Å². The summed E-state index contributed by atoms with van der Waals surface area (Å²) in [5, 5.41) is 6.40. The Balaban J connectivity index is 1.72. The normalized spacial score (nSPS) is 14.0. The van der Waals surface area contributed by atoms with Crippen molar-refractivity contribution in [1.29, 1.82) is 0 Å². The predicted octanol–water partition coefficient (Wildman–Crippen LogP) is 5.10. The van der Waals surface area contributed by atoms with Gasteiger partial charge >= 0.3 is 0 Å². The van der Waals surface area contributed by atoms with Crippen LogP contribution in [0.3, 0.4) is 0 Å². The Bertz CT molecular complexity index is 716. The average molecular weight is 424 g/mol. The van der Waals surface area contributed by atoms with Crippen molar-refractivity contribution in [2.45, 2.75) is 25.8 Å². The lowest BCUT2D eigenvalue weighted by Crippen LogP contribution is -2.09. The molecule has 1 aliphatic heterocycles. The van der Waals surface area contributed by atoms with E-state index >= 15 is 0 Å². The maximum atomic E-state index is 11.6. The highest BCUT2D eigenvalue weighted by molar-refractivity contribution is 9.13. The molecule has 2 aromatic carbocycles. The lowest BCUT2D eigenvalue weighted by atomic mass is 10.1. The number of carbonyl (C=O) groups is 1. The number of benzene rings is 2. The van der Waals surface area contributed by atoms with Gasteiger partial charge in [0, 0.05) is 33.3 Å². The summed E-state index contributed by atoms with van der Waals surface area (Å²) in [7, 11) is 0. The van der Waals surface area contributed by atoms with Crippen molar-refractivity contribution in [3.63, 3.8) is 0 Å². The highest BCUT2D eigenvalue weighted by Crippen LogP contribution is 2.27. The zero-order valence-electron chi connectivity index (χ0n) is 12.0. The number of amides is 1. The minimum absolute atomic E-state index is 0.110. The van der Waals surface area contributed by atoms with Crippen molar-refractivity contribution in [3.8, 4) is 0 Å². The molecule has 0 aromatic heterocycles. The number of anilines is 2. The third-order valence-electron chi connectivity index (χ3n) is 3.71. The summed E-state index contributed by atoms with van der Waals surface area (Å²) in [6.07, 6.45) is 2.44. The molecular weight excluding hydrogens is 408 g/mol. The molecule has 114 valence electrons. The number of halogens is 2. The second kappa shape index (κ2) is 6.84. The van der Waals surface area contributed by atoms with Gasteiger partial charge in [0.2, 0.25) is 5.91 Å². The third kappa shape index (κ3) is 3.70. The molecule has 1 amide bonds. The van der Waals surface area contributed by atoms with Crippen LogP contribution >= 0.6 is 31.9 Å². The number of hydrogen-bond acceptors (Lipinski definition) is 2. The zero-order chi connectivity index (χ0) is 15.5. The summed E-state index contributed by atoms with van der Waals surface area (Å²) in [5.41, 5.74) is 4.43. The average Bonchev–Trinajstić information content (AvgIpc) is 2.68. The Morgan fingerprint density at radius 1 is 1.05 bits per heavy atom. The van der Waals surface area contributed by atoms with Crippen LogP contribution in [0.4, 0.5) is 11.4 Å². The molecule has 1 aliphatic rings. The molecule has 3 rings (SSSR count). The Hall–Kier alpha value is -1.33. The van der Waals surface area contributed by atoms with Crippen LogP contribution in [0, 0.1) is 0 Å². The molecule has 0 aliphatic carbocycles. The number of nitrogens with one attached hydrogen (secondary N) is 2. The fourth-order valence-corrected chi connectivity index (χ4v) is 3.21. The SMILES string of the molecule is O=C1CCCc2cc(NCc3ccc(Br)c(Br)c3)ccc2N1. The highest BCUT2D eigenvalue weighted by atomic mass is 79.9. The monoisotopic (exact) mass is 422 g/mol. The quantitative estimate of drug-likeness (QED) is 0.720. The van der Waals surface area contributed by atoms with Crippen molar-refractivity contribution >= 4 is 49.1 Å². The van der Waals surface area contributed by atoms with Crippen LogP contribution < -0.4 is 10.6 Å². The summed E-state index contributed by atoms with van der Waals surface area (Å²) < 4.78 is 2.11. The summed E-state index contributed by atoms with van der Waals surface area (Å²) in [6.45, 7) is 0.761. The zero-order valence-corrected chi connectivity index (χ0v) is 15.1. The molecule has 5 heteroatoms. The van der Waals surface area contributed by atoms with Crippen LogP contribution in [0.2, 0.25) is 0 Å². The fourth-order valence-electron chi connectivity index (χ4n) is 2.54. The van der Waals surface area contributed by atoms with Crippen molar-refractivity contribution in [2.75, 3.05) is 10.6 Å². The molecule has 22 heavy (non-hydrogen) atoms. The molecule has 0 saturated heterocycles. The summed E-state index contributed by atoms with van der Waals surface area (Å²) >= 11 is 7.00. The summed E-state index contributed by atoms with van der Waals surface area (Å²) in [5.74, 6) is 0.110. The molecule has 0 fully saturated rings. The van der Waals surface area contributed by atoms with E-state index in [1.807, 2.05) is 18.2 Å². The van der Waals surface area contributed by atoms with Gasteiger partial charge in [-0.3, -0.25) is 4.79 Å². The van der Waals surface area contributed by atoms with Gasteiger partial charge in [-0.1, -0.05) is 6.07 Å². The first-order valence-corrected chi connectivity index (χ1v) is 8.81. The smallest absolute Gasteiger partial charge is 0.224 e. The lowest BCUT2D eigenvalue weighted by Gasteiger charge is -2.12. The van der Waals surface area contributed by atoms with E-state index in [-0.39, 0.29) is 5.91 Å². The van der Waals surface area contributed by atoms with Gasteiger partial charge in [0.05, 0.1) is 0 Å². The highest BCUT2D eigenvalue weighted by Gasteiger charge is 2.12. The van der Waals surface area contributed by atoms with Crippen LogP contribution in [0.15, 0.2) is 45.3 Å². The molecule has 0 atom stereocenters. The minimum atomic E-state index is 0.110. The van der Waals surface area contributed by atoms with Crippen molar-refractivity contribution in [3.05, 3.63) is 56.5 Å². The molecule has 0 bridgehead atoms. The Morgan fingerprint density at radius 3 is 2.73 bits per heavy atom. The minimum Gasteiger partial charge on any atom is -0.381 e. The Kier molecular flexibility index (Phi) is 4.84. The molecule has 2 N–H and O–H groups in total. The van der Waals surface area contributed by atoms with Crippen LogP contribution in [0.25, 0.3) is 0 Å². The molecule has 0 saturated carbocycles. The van der Waals surface area contributed by atoms with Crippen LogP contribution in [0.1, 0.15) is 24.0 Å². The Morgan fingerprint density at radius 2 is 1.91 bits per heavy atom.